The van der Waals surface area contributed by atoms with Crippen LogP contribution in [0.3, 0.4) is 0 Å². The third-order valence-electron chi connectivity index (χ3n) is 7.42. The Morgan fingerprint density at radius 1 is 1.17 bits per heavy atom. The highest BCUT2D eigenvalue weighted by molar-refractivity contribution is 8.44. The van der Waals surface area contributed by atoms with E-state index in [0.29, 0.717) is 24.0 Å². The van der Waals surface area contributed by atoms with Gasteiger partial charge in [0.25, 0.3) is 5.56 Å². The molecule has 3 aliphatic rings. The van der Waals surface area contributed by atoms with Gasteiger partial charge in [0.05, 0.1) is 37.4 Å². The molecule has 4 aromatic heterocycles. The molecule has 1 unspecified atom stereocenters. The van der Waals surface area contributed by atoms with Gasteiger partial charge in [0, 0.05) is 18.9 Å². The number of thiol groups is 1. The molecule has 2 bridgehead atoms. The largest absolute Gasteiger partial charge is 0.386 e. The quantitative estimate of drug-likeness (QED) is 0.164. The molecule has 22 heteroatoms. The van der Waals surface area contributed by atoms with E-state index in [1.807, 2.05) is 0 Å². The van der Waals surface area contributed by atoms with Crippen LogP contribution >= 0.6 is 19.0 Å². The van der Waals surface area contributed by atoms with Gasteiger partial charge >= 0.3 is 17.1 Å². The number of fused-ring (bicyclic) bond motifs is 5. The lowest BCUT2D eigenvalue weighted by Gasteiger charge is -2.25. The average Bonchev–Trinajstić information content (AvgIpc) is 3.70. The number of nitrogens with one attached hydrogen (secondary N) is 2. The van der Waals surface area contributed by atoms with E-state index in [1.54, 1.807) is 4.68 Å². The second-order valence-electron chi connectivity index (χ2n) is 10.2. The highest BCUT2D eigenvalue weighted by Crippen LogP contribution is 2.57. The first-order valence-corrected chi connectivity index (χ1v) is 16.9. The van der Waals surface area contributed by atoms with Crippen molar-refractivity contribution in [2.45, 2.75) is 49.8 Å². The fourth-order valence-electron chi connectivity index (χ4n) is 5.62. The van der Waals surface area contributed by atoms with Crippen LogP contribution in [0.1, 0.15) is 31.5 Å². The van der Waals surface area contributed by atoms with Crippen molar-refractivity contribution in [2.24, 2.45) is 5.92 Å². The van der Waals surface area contributed by atoms with Crippen molar-refractivity contribution in [1.29, 1.82) is 0 Å². The predicted molar refractivity (Wildman–Crippen MR) is 145 cm³/mol. The molecule has 4 aromatic rings. The molecule has 3 fully saturated rings. The van der Waals surface area contributed by atoms with Crippen molar-refractivity contribution in [2.75, 3.05) is 18.9 Å². The number of nitrogens with zero attached hydrogens (tertiary/aromatic N) is 8. The summed E-state index contributed by atoms with van der Waals surface area (Å²) in [7, 11) is -4.34. The second kappa shape index (κ2) is 10.3. The molecule has 1 saturated carbocycles. The van der Waals surface area contributed by atoms with Crippen LogP contribution in [0.25, 0.3) is 22.3 Å². The molecule has 42 heavy (non-hydrogen) atoms. The number of hydrogen-bond donors (Lipinski definition) is 4. The number of aromatic nitrogens is 9. The molecule has 19 nitrogen and oxygen atoms in total. The first-order valence-electron chi connectivity index (χ1n) is 12.8. The molecule has 6 heterocycles. The first-order chi connectivity index (χ1) is 20.1. The van der Waals surface area contributed by atoms with Crippen LogP contribution in [-0.2, 0) is 32.8 Å². The number of imidazole rings is 1. The number of nitrogen functional groups attached to an aromatic ring is 1. The average molecular weight is 642 g/mol. The maximum absolute atomic E-state index is 13.3. The fraction of sp³-hybridized carbons (Fsp3) is 0.550. The van der Waals surface area contributed by atoms with E-state index in [0.717, 1.165) is 0 Å². The minimum Gasteiger partial charge on any atom is -0.369 e. The summed E-state index contributed by atoms with van der Waals surface area (Å²) in [5.41, 5.74) is 6.17. The van der Waals surface area contributed by atoms with Crippen LogP contribution in [-0.4, -0.2) is 84.4 Å². The summed E-state index contributed by atoms with van der Waals surface area (Å²) >= 11 is 4.19. The van der Waals surface area contributed by atoms with Crippen molar-refractivity contribution < 1.29 is 31.0 Å². The lowest BCUT2D eigenvalue weighted by molar-refractivity contribution is -0.0419. The van der Waals surface area contributed by atoms with Crippen LogP contribution in [0.15, 0.2) is 23.6 Å². The Bertz CT molecular complexity index is 1880. The molecule has 0 aromatic carbocycles. The maximum Gasteiger partial charge on any atom is 0.386 e. The number of rotatable bonds is 2. The molecule has 2 aliphatic heterocycles. The van der Waals surface area contributed by atoms with Gasteiger partial charge in [-0.3, -0.25) is 23.4 Å². The van der Waals surface area contributed by atoms with E-state index in [2.05, 4.69) is 52.2 Å². The molecular formula is C20H24N11O8PS2. The third-order valence-corrected chi connectivity index (χ3v) is 10.1. The van der Waals surface area contributed by atoms with Crippen molar-refractivity contribution in [3.8, 4) is 0 Å². The molecule has 2 saturated heterocycles. The zero-order valence-electron chi connectivity index (χ0n) is 21.5. The Morgan fingerprint density at radius 2 is 2.02 bits per heavy atom. The van der Waals surface area contributed by atoms with Crippen LogP contribution in [0.4, 0.5) is 5.95 Å². The maximum atomic E-state index is 13.3. The van der Waals surface area contributed by atoms with Gasteiger partial charge in [0.2, 0.25) is 5.95 Å². The summed E-state index contributed by atoms with van der Waals surface area (Å²) in [6.07, 6.45) is 1.23. The lowest BCUT2D eigenvalue weighted by atomic mass is 10.1. The van der Waals surface area contributed by atoms with Gasteiger partial charge < -0.3 is 10.5 Å². The van der Waals surface area contributed by atoms with E-state index in [-0.39, 0.29) is 42.7 Å². The lowest BCUT2D eigenvalue weighted by Crippen LogP contribution is -2.37. The van der Waals surface area contributed by atoms with Crippen molar-refractivity contribution in [1.82, 2.24) is 49.2 Å². The molecule has 7 atom stereocenters. The molecule has 224 valence electrons. The zero-order chi connectivity index (χ0) is 29.2. The number of H-pyrrole nitrogens is 1. The minimum atomic E-state index is -4.34. The van der Waals surface area contributed by atoms with Crippen LogP contribution in [0.2, 0.25) is 0 Å². The van der Waals surface area contributed by atoms with Crippen molar-refractivity contribution in [3.05, 3.63) is 29.2 Å². The number of anilines is 1. The van der Waals surface area contributed by atoms with Crippen LogP contribution in [0.5, 0.6) is 0 Å². The molecule has 0 spiro atoms. The molecule has 7 rings (SSSR count). The number of aromatic amines is 1. The number of hydrogen-bond acceptors (Lipinski definition) is 15. The molecular weight excluding hydrogens is 617 g/mol. The summed E-state index contributed by atoms with van der Waals surface area (Å²) in [6, 6.07) is -0.298. The first kappa shape index (κ1) is 27.8. The second-order valence-corrected chi connectivity index (χ2v) is 14.4. The van der Waals surface area contributed by atoms with Crippen LogP contribution < -0.4 is 16.0 Å². The van der Waals surface area contributed by atoms with Gasteiger partial charge in [-0.2, -0.15) is 18.1 Å². The van der Waals surface area contributed by atoms with E-state index in [9.17, 15) is 17.8 Å². The molecule has 4 N–H and O–H groups in total. The van der Waals surface area contributed by atoms with E-state index >= 15 is 0 Å². The monoisotopic (exact) mass is 641 g/mol. The van der Waals surface area contributed by atoms with E-state index in [4.69, 9.17) is 23.7 Å². The Kier molecular flexibility index (Phi) is 6.81. The minimum absolute atomic E-state index is 0.0217. The number of nitrogens with two attached hydrogens (primary N) is 1. The summed E-state index contributed by atoms with van der Waals surface area (Å²) in [5, 5.41) is 8.27. The standard InChI is InChI=1S/C20H24N11O8PS2/c21-20-26-17-15(18(32)27-20)24-8-30(17)19-14-3-11(37-19)6-36-40(33,41)38-13-2-10(1-9(13)4-25-42(34,35)39-14)31-16-12(28-29-31)5-22-7-23-16/h5,7-11,13-14,19,25H,1-4,6H2,(H,33,41)(H3,21,26,27,32)/t9-,10-,11+,13+,14-,19-,40?/m1/s1. The van der Waals surface area contributed by atoms with Gasteiger partial charge in [0.15, 0.2) is 28.6 Å². The summed E-state index contributed by atoms with van der Waals surface area (Å²) in [6.45, 7) is -4.30. The normalized spacial score (nSPS) is 33.6. The predicted octanol–water partition coefficient (Wildman–Crippen LogP) is -0.152. The Labute approximate surface area is 241 Å². The van der Waals surface area contributed by atoms with E-state index in [1.165, 1.54) is 23.4 Å². The van der Waals surface area contributed by atoms with Gasteiger partial charge in [-0.05, 0) is 12.8 Å². The highest BCUT2D eigenvalue weighted by atomic mass is 32.7. The van der Waals surface area contributed by atoms with Gasteiger partial charge in [-0.25, -0.2) is 28.4 Å². The summed E-state index contributed by atoms with van der Waals surface area (Å²) in [4.78, 5) is 31.0. The van der Waals surface area contributed by atoms with Gasteiger partial charge in [-0.15, -0.1) is 5.10 Å². The smallest absolute Gasteiger partial charge is 0.369 e. The molecule has 0 amide bonds. The number of ether oxygens (including phenoxy) is 1. The Morgan fingerprint density at radius 3 is 2.88 bits per heavy atom. The highest BCUT2D eigenvalue weighted by Gasteiger charge is 2.45. The Hall–Kier alpha value is -3.04. The fourth-order valence-corrected chi connectivity index (χ4v) is 8.18. The summed E-state index contributed by atoms with van der Waals surface area (Å²) < 4.78 is 68.1. The van der Waals surface area contributed by atoms with Crippen LogP contribution in [0, 0.1) is 5.92 Å². The third kappa shape index (κ3) is 5.19. The van der Waals surface area contributed by atoms with Crippen molar-refractivity contribution in [3.63, 3.8) is 0 Å². The molecule has 0 radical (unpaired) electrons. The van der Waals surface area contributed by atoms with Gasteiger partial charge in [0.1, 0.15) is 12.4 Å². The topological polar surface area (TPSA) is 246 Å². The SMILES string of the molecule is Nc1nc2c(ncn2[C@@H]2O[C@@H]3COP(=O)(S)O[C@H]4C[C@H](n5nnc6cncnc65)C[C@@H]4CNS(=O)(=O)O[C@@H]2C3)c(=O)[nH]1. The molecule has 1 aliphatic carbocycles. The summed E-state index contributed by atoms with van der Waals surface area (Å²) in [5.74, 6) is -0.620. The van der Waals surface area contributed by atoms with E-state index < -0.39 is 53.1 Å². The Balaban J connectivity index is 1.17. The van der Waals surface area contributed by atoms with Crippen molar-refractivity contribution >= 4 is 57.6 Å². The zero-order valence-corrected chi connectivity index (χ0v) is 24.1. The van der Waals surface area contributed by atoms with Gasteiger partial charge in [-0.1, -0.05) is 17.5 Å².